The number of alkyl halides is 6. The van der Waals surface area contributed by atoms with Crippen LogP contribution >= 0.6 is 11.6 Å². The van der Waals surface area contributed by atoms with Crippen molar-refractivity contribution in [3.05, 3.63) is 118 Å². The minimum atomic E-state index is -4.50. The van der Waals surface area contributed by atoms with Crippen molar-refractivity contribution < 1.29 is 41.0 Å². The molecule has 0 aromatic heterocycles. The van der Waals surface area contributed by atoms with Gasteiger partial charge in [-0.25, -0.2) is 0 Å². The molecule has 1 amide bonds. The minimum absolute atomic E-state index is 0.0131. The smallest absolute Gasteiger partial charge is 0.416 e. The van der Waals surface area contributed by atoms with Gasteiger partial charge >= 0.3 is 18.3 Å². The van der Waals surface area contributed by atoms with Crippen LogP contribution in [0.5, 0.6) is 0 Å². The number of amides is 1. The van der Waals surface area contributed by atoms with Gasteiger partial charge in [-0.2, -0.15) is 26.3 Å². The molecule has 4 nitrogen and oxygen atoms in total. The number of carbonyl (C=O) groups is 2. The zero-order valence-electron chi connectivity index (χ0n) is 20.9. The normalized spacial score (nSPS) is 12.6. The summed E-state index contributed by atoms with van der Waals surface area (Å²) >= 11 is 6.23. The molecule has 4 aromatic rings. The van der Waals surface area contributed by atoms with Gasteiger partial charge < -0.3 is 10.4 Å². The van der Waals surface area contributed by atoms with Crippen LogP contribution < -0.4 is 5.32 Å². The van der Waals surface area contributed by atoms with Crippen LogP contribution in [0.1, 0.15) is 39.5 Å². The van der Waals surface area contributed by atoms with E-state index in [1.165, 1.54) is 42.5 Å². The summed E-state index contributed by atoms with van der Waals surface area (Å²) < 4.78 is 77.3. The fraction of sp³-hybridized carbons (Fsp3) is 0.133. The van der Waals surface area contributed by atoms with Crippen LogP contribution in [0.15, 0.2) is 91.0 Å². The number of carboxylic acid groups (broad SMARTS) is 1. The first kappa shape index (κ1) is 29.7. The highest BCUT2D eigenvalue weighted by molar-refractivity contribution is 6.34. The predicted molar refractivity (Wildman–Crippen MR) is 141 cm³/mol. The first-order valence-electron chi connectivity index (χ1n) is 12.0. The Labute approximate surface area is 235 Å². The van der Waals surface area contributed by atoms with E-state index in [0.29, 0.717) is 27.8 Å². The van der Waals surface area contributed by atoms with E-state index >= 15 is 0 Å². The number of halogens is 7. The van der Waals surface area contributed by atoms with Crippen LogP contribution in [0.2, 0.25) is 5.02 Å². The highest BCUT2D eigenvalue weighted by Gasteiger charge is 2.31. The maximum Gasteiger partial charge on any atom is 0.416 e. The molecule has 0 aliphatic heterocycles. The molecule has 0 aliphatic rings. The van der Waals surface area contributed by atoms with E-state index in [4.69, 9.17) is 11.6 Å². The number of benzene rings is 4. The number of hydrogen-bond acceptors (Lipinski definition) is 2. The van der Waals surface area contributed by atoms with Crippen LogP contribution in [0, 0.1) is 0 Å². The van der Waals surface area contributed by atoms with Crippen LogP contribution in [0.4, 0.5) is 26.3 Å². The Morgan fingerprint density at radius 2 is 1.10 bits per heavy atom. The third-order valence-corrected chi connectivity index (χ3v) is 6.63. The van der Waals surface area contributed by atoms with E-state index < -0.39 is 47.8 Å². The molecule has 0 heterocycles. The quantitative estimate of drug-likeness (QED) is 0.211. The van der Waals surface area contributed by atoms with E-state index in [1.807, 2.05) is 0 Å². The molecule has 4 rings (SSSR count). The van der Waals surface area contributed by atoms with Crippen molar-refractivity contribution in [1.82, 2.24) is 5.32 Å². The van der Waals surface area contributed by atoms with Crippen LogP contribution in [0.3, 0.4) is 0 Å². The summed E-state index contributed by atoms with van der Waals surface area (Å²) in [6.07, 6.45) is -9.45. The highest BCUT2D eigenvalue weighted by atomic mass is 35.5. The molecule has 0 bridgehead atoms. The SMILES string of the molecule is O=C(O)CC(NC(=O)c1cc(-c2ccc(C(F)(F)F)cc2)ccc1Cl)c1ccc(-c2ccc(C(F)(F)F)cc2)cc1. The lowest BCUT2D eigenvalue weighted by atomic mass is 9.97. The largest absolute Gasteiger partial charge is 0.481 e. The molecule has 1 atom stereocenters. The summed E-state index contributed by atoms with van der Waals surface area (Å²) in [4.78, 5) is 24.7. The Morgan fingerprint density at radius 1 is 0.683 bits per heavy atom. The second-order valence-electron chi connectivity index (χ2n) is 9.09. The van der Waals surface area contributed by atoms with Crippen molar-refractivity contribution in [2.45, 2.75) is 24.8 Å². The van der Waals surface area contributed by atoms with E-state index in [0.717, 1.165) is 24.3 Å². The molecule has 0 saturated carbocycles. The van der Waals surface area contributed by atoms with Gasteiger partial charge in [0.05, 0.1) is 34.2 Å². The molecule has 4 aromatic carbocycles. The maximum absolute atomic E-state index is 13.2. The van der Waals surface area contributed by atoms with Gasteiger partial charge in [-0.15, -0.1) is 0 Å². The molecule has 2 N–H and O–H groups in total. The summed E-state index contributed by atoms with van der Waals surface area (Å²) in [7, 11) is 0. The van der Waals surface area contributed by atoms with E-state index in [1.54, 1.807) is 24.3 Å². The van der Waals surface area contributed by atoms with Crippen molar-refractivity contribution in [2.24, 2.45) is 0 Å². The molecule has 0 aliphatic carbocycles. The lowest BCUT2D eigenvalue weighted by Gasteiger charge is -2.19. The molecular weight excluding hydrogens is 572 g/mol. The Morgan fingerprint density at radius 3 is 1.54 bits per heavy atom. The van der Waals surface area contributed by atoms with Crippen LogP contribution in [-0.2, 0) is 17.1 Å². The lowest BCUT2D eigenvalue weighted by Crippen LogP contribution is -2.30. The van der Waals surface area contributed by atoms with Gasteiger partial charge in [0.15, 0.2) is 0 Å². The van der Waals surface area contributed by atoms with Gasteiger partial charge in [0, 0.05) is 0 Å². The van der Waals surface area contributed by atoms with Gasteiger partial charge in [0.2, 0.25) is 0 Å². The molecule has 1 unspecified atom stereocenters. The van der Waals surface area contributed by atoms with Crippen molar-refractivity contribution in [3.63, 3.8) is 0 Å². The number of rotatable bonds is 7. The fourth-order valence-corrected chi connectivity index (χ4v) is 4.36. The van der Waals surface area contributed by atoms with E-state index in [-0.39, 0.29) is 10.6 Å². The molecule has 0 radical (unpaired) electrons. The predicted octanol–water partition coefficient (Wildman–Crippen LogP) is 8.66. The van der Waals surface area contributed by atoms with Crippen LogP contribution in [0.25, 0.3) is 22.3 Å². The summed E-state index contributed by atoms with van der Waals surface area (Å²) in [6.45, 7) is 0. The standard InChI is InChI=1S/C30H20ClF6NO3/c31-25-14-9-21(19-7-12-23(13-8-19)30(35,36)37)15-24(25)28(41)38-26(16-27(39)40)20-3-1-17(2-4-20)18-5-10-22(11-6-18)29(32,33)34/h1-15,26H,16H2,(H,38,41)(H,39,40). The van der Waals surface area contributed by atoms with Gasteiger partial charge in [0.25, 0.3) is 5.91 Å². The second kappa shape index (κ2) is 11.7. The third kappa shape index (κ3) is 7.26. The minimum Gasteiger partial charge on any atom is -0.481 e. The molecule has 0 fully saturated rings. The summed E-state index contributed by atoms with van der Waals surface area (Å²) in [5, 5.41) is 12.1. The zero-order chi connectivity index (χ0) is 29.9. The molecule has 0 saturated heterocycles. The molecule has 41 heavy (non-hydrogen) atoms. The molecule has 11 heteroatoms. The third-order valence-electron chi connectivity index (χ3n) is 6.30. The van der Waals surface area contributed by atoms with Gasteiger partial charge in [-0.05, 0) is 64.2 Å². The zero-order valence-corrected chi connectivity index (χ0v) is 21.6. The number of hydrogen-bond donors (Lipinski definition) is 2. The first-order chi connectivity index (χ1) is 19.2. The van der Waals surface area contributed by atoms with E-state index in [2.05, 4.69) is 5.32 Å². The highest BCUT2D eigenvalue weighted by Crippen LogP contribution is 2.33. The summed E-state index contributed by atoms with van der Waals surface area (Å²) in [5.74, 6) is -1.91. The monoisotopic (exact) mass is 591 g/mol. The summed E-state index contributed by atoms with van der Waals surface area (Å²) in [5.41, 5.74) is 0.712. The van der Waals surface area contributed by atoms with E-state index in [9.17, 15) is 41.0 Å². The van der Waals surface area contributed by atoms with Crippen molar-refractivity contribution in [1.29, 1.82) is 0 Å². The van der Waals surface area contributed by atoms with Crippen molar-refractivity contribution in [3.8, 4) is 22.3 Å². The van der Waals surface area contributed by atoms with Gasteiger partial charge in [-0.3, -0.25) is 9.59 Å². The first-order valence-corrected chi connectivity index (χ1v) is 12.4. The molecule has 212 valence electrons. The lowest BCUT2D eigenvalue weighted by molar-refractivity contribution is -0.138. The molecule has 0 spiro atoms. The number of carboxylic acids is 1. The van der Waals surface area contributed by atoms with Crippen LogP contribution in [-0.4, -0.2) is 17.0 Å². The second-order valence-corrected chi connectivity index (χ2v) is 9.50. The van der Waals surface area contributed by atoms with Crippen molar-refractivity contribution in [2.75, 3.05) is 0 Å². The fourth-order valence-electron chi connectivity index (χ4n) is 4.15. The average Bonchev–Trinajstić information content (AvgIpc) is 2.92. The average molecular weight is 592 g/mol. The summed E-state index contributed by atoms with van der Waals surface area (Å²) in [6, 6.07) is 18.6. The maximum atomic E-state index is 13.2. The van der Waals surface area contributed by atoms with Gasteiger partial charge in [0.1, 0.15) is 0 Å². The Balaban J connectivity index is 1.56. The number of carbonyl (C=O) groups excluding carboxylic acids is 1. The molecular formula is C30H20ClF6NO3. The van der Waals surface area contributed by atoms with Gasteiger partial charge in [-0.1, -0.05) is 66.2 Å². The van der Waals surface area contributed by atoms with Crippen molar-refractivity contribution >= 4 is 23.5 Å². The Hall–Kier alpha value is -4.31. The Bertz CT molecular complexity index is 1550. The number of aliphatic carboxylic acids is 1. The topological polar surface area (TPSA) is 66.4 Å². The number of nitrogens with one attached hydrogen (secondary N) is 1. The Kier molecular flexibility index (Phi) is 8.44.